The van der Waals surface area contributed by atoms with Crippen LogP contribution in [0.1, 0.15) is 31.1 Å². The topological polar surface area (TPSA) is 55.2 Å². The van der Waals surface area contributed by atoms with E-state index in [2.05, 4.69) is 4.98 Å². The Hall–Kier alpha value is -2.17. The zero-order valence-corrected chi connectivity index (χ0v) is 12.1. The number of hydrogen-bond acceptors (Lipinski definition) is 3. The summed E-state index contributed by atoms with van der Waals surface area (Å²) in [6.45, 7) is 7.36. The second kappa shape index (κ2) is 5.86. The zero-order chi connectivity index (χ0) is 14.7. The summed E-state index contributed by atoms with van der Waals surface area (Å²) in [5.41, 5.74) is 0.572. The molecule has 106 valence electrons. The molecular formula is C15H19N3O2. The van der Waals surface area contributed by atoms with Gasteiger partial charge in [0, 0.05) is 31.2 Å². The maximum absolute atomic E-state index is 12.5. The van der Waals surface area contributed by atoms with Crippen molar-refractivity contribution in [3.05, 3.63) is 40.3 Å². The van der Waals surface area contributed by atoms with Crippen molar-refractivity contribution in [1.29, 1.82) is 0 Å². The molecule has 0 N–H and O–H groups in total. The molecule has 0 aliphatic rings. The number of hydrogen-bond donors (Lipinski definition) is 0. The lowest BCUT2D eigenvalue weighted by Gasteiger charge is -2.19. The fraction of sp³-hybridized carbons (Fsp3) is 0.400. The average molecular weight is 273 g/mol. The molecule has 2 rings (SSSR count). The number of carbonyl (C=O) groups is 1. The number of aromatic nitrogens is 2. The average Bonchev–Trinajstić information content (AvgIpc) is 2.47. The first kappa shape index (κ1) is 14.2. The van der Waals surface area contributed by atoms with Gasteiger partial charge in [0.05, 0.1) is 0 Å². The van der Waals surface area contributed by atoms with Crippen molar-refractivity contribution >= 4 is 16.9 Å². The molecule has 0 atom stereocenters. The highest BCUT2D eigenvalue weighted by Crippen LogP contribution is 2.12. The minimum absolute atomic E-state index is 0.215. The van der Waals surface area contributed by atoms with E-state index in [0.29, 0.717) is 25.3 Å². The van der Waals surface area contributed by atoms with Gasteiger partial charge < -0.3 is 4.90 Å². The van der Waals surface area contributed by atoms with Gasteiger partial charge in [-0.2, -0.15) is 0 Å². The number of rotatable bonds is 4. The summed E-state index contributed by atoms with van der Waals surface area (Å²) < 4.78 is 1.55. The van der Waals surface area contributed by atoms with Crippen molar-refractivity contribution in [1.82, 2.24) is 14.5 Å². The summed E-state index contributed by atoms with van der Waals surface area (Å²) in [5.74, 6) is -0.215. The molecule has 0 radical (unpaired) electrons. The van der Waals surface area contributed by atoms with Gasteiger partial charge in [0.1, 0.15) is 11.2 Å². The highest BCUT2D eigenvalue weighted by atomic mass is 16.2. The number of nitrogens with zero attached hydrogens (tertiary/aromatic N) is 3. The second-order valence-corrected chi connectivity index (χ2v) is 4.50. The summed E-state index contributed by atoms with van der Waals surface area (Å²) in [6.07, 6.45) is 1.65. The smallest absolute Gasteiger partial charge is 0.265 e. The highest BCUT2D eigenvalue weighted by Gasteiger charge is 2.19. The molecule has 0 saturated carbocycles. The van der Waals surface area contributed by atoms with Crippen LogP contribution in [0, 0.1) is 0 Å². The van der Waals surface area contributed by atoms with Crippen molar-refractivity contribution in [2.75, 3.05) is 13.1 Å². The van der Waals surface area contributed by atoms with Crippen LogP contribution in [0.3, 0.4) is 0 Å². The predicted molar refractivity (Wildman–Crippen MR) is 78.9 cm³/mol. The molecule has 2 aromatic heterocycles. The van der Waals surface area contributed by atoms with Crippen molar-refractivity contribution in [3.8, 4) is 0 Å². The largest absolute Gasteiger partial charge is 0.339 e. The van der Waals surface area contributed by atoms with Gasteiger partial charge in [0.15, 0.2) is 0 Å². The van der Waals surface area contributed by atoms with Crippen LogP contribution in [0.2, 0.25) is 0 Å². The standard InChI is InChI=1S/C15H19N3O2/c1-4-17(5-2)14(19)12-10-11-8-7-9-16-13(11)18(6-3)15(12)20/h7-10H,4-6H2,1-3H3. The summed E-state index contributed by atoms with van der Waals surface area (Å²) in [5, 5.41) is 0.810. The Labute approximate surface area is 117 Å². The van der Waals surface area contributed by atoms with E-state index in [1.807, 2.05) is 26.8 Å². The molecule has 0 bridgehead atoms. The van der Waals surface area contributed by atoms with Crippen molar-refractivity contribution in [2.24, 2.45) is 0 Å². The Balaban J connectivity index is 2.69. The first-order chi connectivity index (χ1) is 9.63. The maximum atomic E-state index is 12.5. The number of pyridine rings is 2. The predicted octanol–water partition coefficient (Wildman–Crippen LogP) is 1.90. The van der Waals surface area contributed by atoms with E-state index in [1.165, 1.54) is 0 Å². The number of amides is 1. The van der Waals surface area contributed by atoms with Gasteiger partial charge in [0.25, 0.3) is 11.5 Å². The van der Waals surface area contributed by atoms with E-state index in [-0.39, 0.29) is 17.0 Å². The molecule has 2 aromatic rings. The van der Waals surface area contributed by atoms with Crippen LogP contribution in [-0.2, 0) is 6.54 Å². The lowest BCUT2D eigenvalue weighted by Crippen LogP contribution is -2.36. The van der Waals surface area contributed by atoms with Gasteiger partial charge in [-0.25, -0.2) is 4.98 Å². The fourth-order valence-corrected chi connectivity index (χ4v) is 2.33. The van der Waals surface area contributed by atoms with Crippen molar-refractivity contribution < 1.29 is 4.79 Å². The molecule has 2 heterocycles. The van der Waals surface area contributed by atoms with Crippen LogP contribution in [0.15, 0.2) is 29.2 Å². The van der Waals surface area contributed by atoms with Gasteiger partial charge >= 0.3 is 0 Å². The zero-order valence-electron chi connectivity index (χ0n) is 12.1. The van der Waals surface area contributed by atoms with Gasteiger partial charge in [0.2, 0.25) is 0 Å². The van der Waals surface area contributed by atoms with E-state index in [0.717, 1.165) is 5.39 Å². The Morgan fingerprint density at radius 2 is 2.00 bits per heavy atom. The Bertz CT molecular complexity index is 687. The maximum Gasteiger partial charge on any atom is 0.265 e. The van der Waals surface area contributed by atoms with Crippen LogP contribution in [0.25, 0.3) is 11.0 Å². The Morgan fingerprint density at radius 3 is 2.60 bits per heavy atom. The SMILES string of the molecule is CCN(CC)C(=O)c1cc2cccnc2n(CC)c1=O. The molecule has 20 heavy (non-hydrogen) atoms. The third-order valence-electron chi connectivity index (χ3n) is 3.45. The molecule has 0 aromatic carbocycles. The summed E-state index contributed by atoms with van der Waals surface area (Å²) in [4.78, 5) is 30.8. The van der Waals surface area contributed by atoms with Gasteiger partial charge in [-0.1, -0.05) is 0 Å². The van der Waals surface area contributed by atoms with Gasteiger partial charge in [-0.3, -0.25) is 14.2 Å². The molecule has 5 heteroatoms. The molecule has 0 aliphatic heterocycles. The molecule has 0 aliphatic carbocycles. The van der Waals surface area contributed by atoms with Gasteiger partial charge in [-0.15, -0.1) is 0 Å². The van der Waals surface area contributed by atoms with Crippen molar-refractivity contribution in [3.63, 3.8) is 0 Å². The first-order valence-corrected chi connectivity index (χ1v) is 6.91. The van der Waals surface area contributed by atoms with E-state index >= 15 is 0 Å². The quantitative estimate of drug-likeness (QED) is 0.855. The molecular weight excluding hydrogens is 254 g/mol. The number of aryl methyl sites for hydroxylation is 1. The van der Waals surface area contributed by atoms with Crippen LogP contribution in [-0.4, -0.2) is 33.4 Å². The Morgan fingerprint density at radius 1 is 1.30 bits per heavy atom. The fourth-order valence-electron chi connectivity index (χ4n) is 2.33. The summed E-state index contributed by atoms with van der Waals surface area (Å²) in [7, 11) is 0. The molecule has 0 spiro atoms. The van der Waals surface area contributed by atoms with Crippen molar-refractivity contribution in [2.45, 2.75) is 27.3 Å². The van der Waals surface area contributed by atoms with E-state index in [9.17, 15) is 9.59 Å². The van der Waals surface area contributed by atoms with Crippen LogP contribution >= 0.6 is 0 Å². The van der Waals surface area contributed by atoms with E-state index < -0.39 is 0 Å². The minimum Gasteiger partial charge on any atom is -0.339 e. The number of fused-ring (bicyclic) bond motifs is 1. The second-order valence-electron chi connectivity index (χ2n) is 4.50. The lowest BCUT2D eigenvalue weighted by molar-refractivity contribution is 0.0771. The lowest BCUT2D eigenvalue weighted by atomic mass is 10.1. The number of carbonyl (C=O) groups excluding carboxylic acids is 1. The van der Waals surface area contributed by atoms with Gasteiger partial charge in [-0.05, 0) is 39.0 Å². The summed E-state index contributed by atoms with van der Waals surface area (Å²) >= 11 is 0. The third-order valence-corrected chi connectivity index (χ3v) is 3.45. The van der Waals surface area contributed by atoms with E-state index in [4.69, 9.17) is 0 Å². The summed E-state index contributed by atoms with van der Waals surface area (Å²) in [6, 6.07) is 5.32. The minimum atomic E-state index is -0.268. The Kier molecular flexibility index (Phi) is 4.17. The third kappa shape index (κ3) is 2.31. The molecule has 0 fully saturated rings. The molecule has 1 amide bonds. The van der Waals surface area contributed by atoms with E-state index in [1.54, 1.807) is 27.8 Å². The van der Waals surface area contributed by atoms with Crippen LogP contribution in [0.5, 0.6) is 0 Å². The normalized spacial score (nSPS) is 10.8. The highest BCUT2D eigenvalue weighted by molar-refractivity contribution is 5.96. The monoisotopic (exact) mass is 273 g/mol. The van der Waals surface area contributed by atoms with Crippen LogP contribution in [0.4, 0.5) is 0 Å². The van der Waals surface area contributed by atoms with Crippen LogP contribution < -0.4 is 5.56 Å². The molecule has 5 nitrogen and oxygen atoms in total. The molecule has 0 unspecified atom stereocenters. The first-order valence-electron chi connectivity index (χ1n) is 6.91. The molecule has 0 saturated heterocycles.